The van der Waals surface area contributed by atoms with Crippen LogP contribution < -0.4 is 4.90 Å². The fraction of sp³-hybridized carbons (Fsp3) is 0.364. The summed E-state index contributed by atoms with van der Waals surface area (Å²) >= 11 is 0. The Bertz CT molecular complexity index is 826. The third kappa shape index (κ3) is 3.24. The third-order valence-corrected chi connectivity index (χ3v) is 5.39. The second-order valence-electron chi connectivity index (χ2n) is 7.51. The van der Waals surface area contributed by atoms with Gasteiger partial charge in [-0.25, -0.2) is 0 Å². The van der Waals surface area contributed by atoms with Gasteiger partial charge in [0.15, 0.2) is 0 Å². The van der Waals surface area contributed by atoms with Gasteiger partial charge in [0.05, 0.1) is 0 Å². The van der Waals surface area contributed by atoms with Crippen LogP contribution in [-0.4, -0.2) is 36.3 Å². The summed E-state index contributed by atoms with van der Waals surface area (Å²) in [6, 6.07) is 16.4. The van der Waals surface area contributed by atoms with E-state index < -0.39 is 0 Å². The number of carbonyl (C=O) groups is 2. The van der Waals surface area contributed by atoms with Gasteiger partial charge in [-0.15, -0.1) is 0 Å². The fourth-order valence-corrected chi connectivity index (χ4v) is 4.01. The first-order chi connectivity index (χ1) is 12.5. The molecule has 2 aromatic rings. The summed E-state index contributed by atoms with van der Waals surface area (Å²) in [5, 5.41) is 0. The zero-order valence-electron chi connectivity index (χ0n) is 15.3. The van der Waals surface area contributed by atoms with E-state index in [1.54, 1.807) is 4.90 Å². The summed E-state index contributed by atoms with van der Waals surface area (Å²) in [4.78, 5) is 29.0. The first-order valence-corrected chi connectivity index (χ1v) is 9.25. The maximum Gasteiger partial charge on any atom is 0.246 e. The lowest BCUT2D eigenvalue weighted by Gasteiger charge is -2.34. The SMILES string of the molecule is Cc1cc(C)cc(N2CCN(C(=O)[C@H]3C[C@@H]3c3ccccc3)CC2=O)c1. The van der Waals surface area contributed by atoms with Crippen LogP contribution in [0.15, 0.2) is 48.5 Å². The molecule has 1 heterocycles. The number of hydrogen-bond donors (Lipinski definition) is 0. The molecule has 1 aliphatic carbocycles. The molecule has 2 aliphatic rings. The first-order valence-electron chi connectivity index (χ1n) is 9.25. The van der Waals surface area contributed by atoms with Crippen molar-refractivity contribution in [3.05, 3.63) is 65.2 Å². The predicted octanol–water partition coefficient (Wildman–Crippen LogP) is 3.28. The monoisotopic (exact) mass is 348 g/mol. The second-order valence-corrected chi connectivity index (χ2v) is 7.51. The van der Waals surface area contributed by atoms with Crippen molar-refractivity contribution < 1.29 is 9.59 Å². The molecule has 0 aromatic heterocycles. The van der Waals surface area contributed by atoms with Crippen molar-refractivity contribution in [3.8, 4) is 0 Å². The highest BCUT2D eigenvalue weighted by Gasteiger charge is 2.46. The minimum absolute atomic E-state index is 0.00603. The number of carbonyl (C=O) groups excluding carboxylic acids is 2. The predicted molar refractivity (Wildman–Crippen MR) is 102 cm³/mol. The van der Waals surface area contributed by atoms with Crippen LogP contribution in [0.1, 0.15) is 29.0 Å². The number of hydrogen-bond acceptors (Lipinski definition) is 2. The summed E-state index contributed by atoms with van der Waals surface area (Å²) in [5.41, 5.74) is 4.46. The molecule has 4 rings (SSSR count). The average Bonchev–Trinajstić information content (AvgIpc) is 3.41. The Kier molecular flexibility index (Phi) is 4.27. The average molecular weight is 348 g/mol. The van der Waals surface area contributed by atoms with E-state index in [4.69, 9.17) is 0 Å². The van der Waals surface area contributed by atoms with E-state index in [0.717, 1.165) is 23.2 Å². The number of piperazine rings is 1. The van der Waals surface area contributed by atoms with Crippen LogP contribution in [0, 0.1) is 19.8 Å². The highest BCUT2D eigenvalue weighted by Crippen LogP contribution is 2.48. The molecule has 134 valence electrons. The fourth-order valence-electron chi connectivity index (χ4n) is 4.01. The number of nitrogens with zero attached hydrogens (tertiary/aromatic N) is 2. The van der Waals surface area contributed by atoms with Gasteiger partial charge in [0.1, 0.15) is 6.54 Å². The number of aryl methyl sites for hydroxylation is 2. The highest BCUT2D eigenvalue weighted by atomic mass is 16.2. The van der Waals surface area contributed by atoms with Gasteiger partial charge in [-0.1, -0.05) is 36.4 Å². The Morgan fingerprint density at radius 1 is 1.00 bits per heavy atom. The second kappa shape index (κ2) is 6.60. The Morgan fingerprint density at radius 3 is 2.35 bits per heavy atom. The molecule has 2 aromatic carbocycles. The summed E-state index contributed by atoms with van der Waals surface area (Å²) < 4.78 is 0. The Balaban J connectivity index is 1.41. The lowest BCUT2D eigenvalue weighted by Crippen LogP contribution is -2.53. The molecule has 0 bridgehead atoms. The van der Waals surface area contributed by atoms with E-state index in [9.17, 15) is 9.59 Å². The van der Waals surface area contributed by atoms with E-state index in [1.165, 1.54) is 5.56 Å². The molecule has 2 atom stereocenters. The van der Waals surface area contributed by atoms with Crippen molar-refractivity contribution in [1.29, 1.82) is 0 Å². The molecule has 1 saturated heterocycles. The first kappa shape index (κ1) is 16.8. The van der Waals surface area contributed by atoms with Crippen LogP contribution in [-0.2, 0) is 9.59 Å². The Morgan fingerprint density at radius 2 is 1.69 bits per heavy atom. The summed E-state index contributed by atoms with van der Waals surface area (Å²) in [7, 11) is 0. The smallest absolute Gasteiger partial charge is 0.246 e. The molecule has 1 aliphatic heterocycles. The van der Waals surface area contributed by atoms with Gasteiger partial charge >= 0.3 is 0 Å². The van der Waals surface area contributed by atoms with E-state index >= 15 is 0 Å². The quantitative estimate of drug-likeness (QED) is 0.854. The van der Waals surface area contributed by atoms with Crippen LogP contribution >= 0.6 is 0 Å². The van der Waals surface area contributed by atoms with Crippen molar-refractivity contribution in [1.82, 2.24) is 4.90 Å². The Hall–Kier alpha value is -2.62. The highest BCUT2D eigenvalue weighted by molar-refractivity contribution is 5.98. The van der Waals surface area contributed by atoms with Crippen LogP contribution in [0.3, 0.4) is 0 Å². The minimum atomic E-state index is 0.00603. The van der Waals surface area contributed by atoms with E-state index in [0.29, 0.717) is 19.0 Å². The van der Waals surface area contributed by atoms with Crippen LogP contribution in [0.5, 0.6) is 0 Å². The topological polar surface area (TPSA) is 40.6 Å². The van der Waals surface area contributed by atoms with Gasteiger partial charge in [-0.05, 0) is 55.0 Å². The van der Waals surface area contributed by atoms with Gasteiger partial charge in [-0.2, -0.15) is 0 Å². The van der Waals surface area contributed by atoms with Gasteiger partial charge in [0.25, 0.3) is 0 Å². The number of anilines is 1. The molecule has 0 radical (unpaired) electrons. The lowest BCUT2D eigenvalue weighted by atomic mass is 10.1. The summed E-state index contributed by atoms with van der Waals surface area (Å²) in [6.07, 6.45) is 0.897. The zero-order chi connectivity index (χ0) is 18.3. The Labute approximate surface area is 154 Å². The third-order valence-electron chi connectivity index (χ3n) is 5.39. The van der Waals surface area contributed by atoms with E-state index in [2.05, 4.69) is 18.2 Å². The zero-order valence-corrected chi connectivity index (χ0v) is 15.3. The normalized spacial score (nSPS) is 22.5. The molecule has 0 N–H and O–H groups in total. The molecule has 0 spiro atoms. The number of benzene rings is 2. The van der Waals surface area contributed by atoms with Crippen molar-refractivity contribution in [3.63, 3.8) is 0 Å². The van der Waals surface area contributed by atoms with Gasteiger partial charge < -0.3 is 9.80 Å². The molecule has 2 fully saturated rings. The van der Waals surface area contributed by atoms with E-state index in [1.807, 2.05) is 49.1 Å². The largest absolute Gasteiger partial charge is 0.331 e. The van der Waals surface area contributed by atoms with Crippen molar-refractivity contribution in [2.24, 2.45) is 5.92 Å². The maximum atomic E-state index is 12.8. The van der Waals surface area contributed by atoms with Gasteiger partial charge in [-0.3, -0.25) is 9.59 Å². The van der Waals surface area contributed by atoms with E-state index in [-0.39, 0.29) is 24.3 Å². The molecular weight excluding hydrogens is 324 g/mol. The molecule has 4 nitrogen and oxygen atoms in total. The van der Waals surface area contributed by atoms with Gasteiger partial charge in [0, 0.05) is 24.7 Å². The van der Waals surface area contributed by atoms with Crippen LogP contribution in [0.25, 0.3) is 0 Å². The minimum Gasteiger partial charge on any atom is -0.331 e. The van der Waals surface area contributed by atoms with Crippen molar-refractivity contribution in [2.45, 2.75) is 26.2 Å². The summed E-state index contributed by atoms with van der Waals surface area (Å²) in [6.45, 7) is 5.44. The molecule has 26 heavy (non-hydrogen) atoms. The van der Waals surface area contributed by atoms with Crippen molar-refractivity contribution in [2.75, 3.05) is 24.5 Å². The number of rotatable bonds is 3. The number of amides is 2. The summed E-state index contributed by atoms with van der Waals surface area (Å²) in [5.74, 6) is 0.494. The molecule has 2 amide bonds. The van der Waals surface area contributed by atoms with Crippen LogP contribution in [0.4, 0.5) is 5.69 Å². The van der Waals surface area contributed by atoms with Crippen molar-refractivity contribution >= 4 is 17.5 Å². The van der Waals surface area contributed by atoms with Gasteiger partial charge in [0.2, 0.25) is 11.8 Å². The van der Waals surface area contributed by atoms with Crippen LogP contribution in [0.2, 0.25) is 0 Å². The molecular formula is C22H24N2O2. The standard InChI is InChI=1S/C22H24N2O2/c1-15-10-16(2)12-18(11-15)24-9-8-23(14-21(24)25)22(26)20-13-19(20)17-6-4-3-5-7-17/h3-7,10-12,19-20H,8-9,13-14H2,1-2H3/t19-,20+/m1/s1. The molecule has 0 unspecified atom stereocenters. The molecule has 1 saturated carbocycles. The molecule has 4 heteroatoms. The maximum absolute atomic E-state index is 12.8. The lowest BCUT2D eigenvalue weighted by molar-refractivity contribution is -0.138.